The molecule has 3 aromatic rings. The molecule has 2 aliphatic rings. The van der Waals surface area contributed by atoms with Crippen molar-refractivity contribution in [1.82, 2.24) is 9.55 Å². The first-order chi connectivity index (χ1) is 12.9. The molecule has 7 nitrogen and oxygen atoms in total. The summed E-state index contributed by atoms with van der Waals surface area (Å²) in [7, 11) is -3.77. The standard InChI is InChI=1S/C18H16N4O3S2/c1-11-17(23)19-14-10-12(6-7-16(14)26-11)27(24,25)22-9-8-21-15-5-3-2-4-13(15)20-18(21)22/h2-7,10-11H,8-9H2,1H3,(H,19,23)/t11-/m1/s1. The van der Waals surface area contributed by atoms with Gasteiger partial charge in [0.15, 0.2) is 0 Å². The first-order valence-corrected chi connectivity index (χ1v) is 10.9. The first kappa shape index (κ1) is 16.6. The van der Waals surface area contributed by atoms with Crippen LogP contribution in [0.15, 0.2) is 52.3 Å². The summed E-state index contributed by atoms with van der Waals surface area (Å²) < 4.78 is 29.8. The van der Waals surface area contributed by atoms with Crippen molar-refractivity contribution >= 4 is 50.4 Å². The topological polar surface area (TPSA) is 84.3 Å². The summed E-state index contributed by atoms with van der Waals surface area (Å²) in [6.07, 6.45) is 0. The molecule has 3 heterocycles. The molecule has 1 aromatic heterocycles. The van der Waals surface area contributed by atoms with Gasteiger partial charge in [-0.3, -0.25) is 4.79 Å². The molecule has 0 unspecified atom stereocenters. The highest BCUT2D eigenvalue weighted by Gasteiger charge is 2.34. The number of nitrogens with one attached hydrogen (secondary N) is 1. The summed E-state index contributed by atoms with van der Waals surface area (Å²) in [6.45, 7) is 2.72. The number of carbonyl (C=O) groups is 1. The normalized spacial score (nSPS) is 19.1. The Hall–Kier alpha value is -2.52. The number of imidazole rings is 1. The molecule has 9 heteroatoms. The molecule has 5 rings (SSSR count). The van der Waals surface area contributed by atoms with Crippen molar-refractivity contribution in [2.24, 2.45) is 0 Å². The number of nitrogens with zero attached hydrogens (tertiary/aromatic N) is 3. The van der Waals surface area contributed by atoms with E-state index in [1.807, 2.05) is 35.8 Å². The number of fused-ring (bicyclic) bond motifs is 4. The highest BCUT2D eigenvalue weighted by atomic mass is 32.2. The highest BCUT2D eigenvalue weighted by molar-refractivity contribution is 8.01. The van der Waals surface area contributed by atoms with E-state index in [-0.39, 0.29) is 16.1 Å². The zero-order chi connectivity index (χ0) is 18.8. The molecule has 1 atom stereocenters. The predicted octanol–water partition coefficient (Wildman–Crippen LogP) is 2.68. The molecule has 0 radical (unpaired) electrons. The molecule has 27 heavy (non-hydrogen) atoms. The van der Waals surface area contributed by atoms with Crippen molar-refractivity contribution in [1.29, 1.82) is 0 Å². The molecular formula is C18H16N4O3S2. The van der Waals surface area contributed by atoms with E-state index in [0.717, 1.165) is 15.9 Å². The average Bonchev–Trinajstić information content (AvgIpc) is 3.21. The van der Waals surface area contributed by atoms with Crippen molar-refractivity contribution in [3.63, 3.8) is 0 Å². The lowest BCUT2D eigenvalue weighted by atomic mass is 10.3. The van der Waals surface area contributed by atoms with Gasteiger partial charge in [-0.05, 0) is 37.3 Å². The lowest BCUT2D eigenvalue weighted by Crippen LogP contribution is -2.30. The minimum absolute atomic E-state index is 0.120. The second-order valence-corrected chi connectivity index (χ2v) is 9.78. The Morgan fingerprint density at radius 3 is 2.85 bits per heavy atom. The third kappa shape index (κ3) is 2.45. The van der Waals surface area contributed by atoms with Gasteiger partial charge < -0.3 is 9.88 Å². The van der Waals surface area contributed by atoms with Gasteiger partial charge in [-0.1, -0.05) is 12.1 Å². The fourth-order valence-electron chi connectivity index (χ4n) is 3.47. The molecule has 1 amide bonds. The number of amides is 1. The summed E-state index contributed by atoms with van der Waals surface area (Å²) in [5.41, 5.74) is 2.24. The summed E-state index contributed by atoms with van der Waals surface area (Å²) in [6, 6.07) is 12.5. The number of aromatic nitrogens is 2. The van der Waals surface area contributed by atoms with E-state index in [0.29, 0.717) is 24.7 Å². The Morgan fingerprint density at radius 2 is 2.00 bits per heavy atom. The van der Waals surface area contributed by atoms with Crippen molar-refractivity contribution in [3.8, 4) is 0 Å². The number of benzene rings is 2. The Labute approximate surface area is 160 Å². The van der Waals surface area contributed by atoms with Crippen LogP contribution < -0.4 is 9.62 Å². The molecule has 138 valence electrons. The van der Waals surface area contributed by atoms with Gasteiger partial charge in [-0.25, -0.2) is 17.7 Å². The highest BCUT2D eigenvalue weighted by Crippen LogP contribution is 2.38. The molecule has 0 saturated carbocycles. The van der Waals surface area contributed by atoms with Crippen LogP contribution in [0.5, 0.6) is 0 Å². The van der Waals surface area contributed by atoms with Gasteiger partial charge in [0.05, 0.1) is 33.4 Å². The Balaban J connectivity index is 1.57. The van der Waals surface area contributed by atoms with Crippen LogP contribution in [0.3, 0.4) is 0 Å². The van der Waals surface area contributed by atoms with Crippen LogP contribution in [0.4, 0.5) is 11.6 Å². The number of carbonyl (C=O) groups excluding carboxylic acids is 1. The minimum Gasteiger partial charge on any atom is -0.324 e. The second-order valence-electron chi connectivity index (χ2n) is 6.54. The molecule has 2 aromatic carbocycles. The Morgan fingerprint density at radius 1 is 1.19 bits per heavy atom. The maximum absolute atomic E-state index is 13.3. The average molecular weight is 400 g/mol. The molecule has 0 saturated heterocycles. The monoisotopic (exact) mass is 400 g/mol. The third-order valence-electron chi connectivity index (χ3n) is 4.85. The largest absolute Gasteiger partial charge is 0.324 e. The smallest absolute Gasteiger partial charge is 0.266 e. The van der Waals surface area contributed by atoms with E-state index in [1.54, 1.807) is 12.1 Å². The van der Waals surface area contributed by atoms with Gasteiger partial charge in [0.2, 0.25) is 11.9 Å². The van der Waals surface area contributed by atoms with Gasteiger partial charge >= 0.3 is 0 Å². The zero-order valence-corrected chi connectivity index (χ0v) is 16.0. The number of anilines is 2. The van der Waals surface area contributed by atoms with Crippen LogP contribution in [0.25, 0.3) is 11.0 Å². The molecule has 0 aliphatic carbocycles. The van der Waals surface area contributed by atoms with Crippen molar-refractivity contribution in [3.05, 3.63) is 42.5 Å². The van der Waals surface area contributed by atoms with E-state index in [9.17, 15) is 13.2 Å². The molecule has 0 bridgehead atoms. The molecule has 2 aliphatic heterocycles. The Bertz CT molecular complexity index is 1200. The first-order valence-electron chi connectivity index (χ1n) is 8.55. The van der Waals surface area contributed by atoms with Crippen molar-refractivity contribution < 1.29 is 13.2 Å². The number of thioether (sulfide) groups is 1. The van der Waals surface area contributed by atoms with Crippen molar-refractivity contribution in [2.75, 3.05) is 16.2 Å². The van der Waals surface area contributed by atoms with Crippen molar-refractivity contribution in [2.45, 2.75) is 28.5 Å². The summed E-state index contributed by atoms with van der Waals surface area (Å²) >= 11 is 1.43. The maximum atomic E-state index is 13.3. The molecular weight excluding hydrogens is 384 g/mol. The van der Waals surface area contributed by atoms with E-state index in [1.165, 1.54) is 22.1 Å². The fraction of sp³-hybridized carbons (Fsp3) is 0.222. The van der Waals surface area contributed by atoms with Crippen LogP contribution in [0.1, 0.15) is 6.92 Å². The van der Waals surface area contributed by atoms with Gasteiger partial charge in [0.1, 0.15) is 0 Å². The van der Waals surface area contributed by atoms with Crippen LogP contribution in [-0.2, 0) is 21.4 Å². The number of hydrogen-bond donors (Lipinski definition) is 1. The third-order valence-corrected chi connectivity index (χ3v) is 7.81. The van der Waals surface area contributed by atoms with Gasteiger partial charge in [-0.15, -0.1) is 11.8 Å². The SMILES string of the molecule is C[C@H]1Sc2ccc(S(=O)(=O)N3CCn4c3nc3ccccc34)cc2NC1=O. The second kappa shape index (κ2) is 5.74. The van der Waals surface area contributed by atoms with Crippen LogP contribution >= 0.6 is 11.8 Å². The molecule has 0 spiro atoms. The lowest BCUT2D eigenvalue weighted by Gasteiger charge is -2.23. The summed E-state index contributed by atoms with van der Waals surface area (Å²) in [5, 5.41) is 2.59. The molecule has 0 fully saturated rings. The number of rotatable bonds is 2. The van der Waals surface area contributed by atoms with E-state index in [4.69, 9.17) is 0 Å². The van der Waals surface area contributed by atoms with Gasteiger partial charge in [0, 0.05) is 11.4 Å². The van der Waals surface area contributed by atoms with E-state index >= 15 is 0 Å². The number of hydrogen-bond acceptors (Lipinski definition) is 5. The van der Waals surface area contributed by atoms with Crippen LogP contribution in [0.2, 0.25) is 0 Å². The summed E-state index contributed by atoms with van der Waals surface area (Å²) in [4.78, 5) is 17.5. The Kier molecular flexibility index (Phi) is 3.54. The maximum Gasteiger partial charge on any atom is 0.266 e. The van der Waals surface area contributed by atoms with Crippen LogP contribution in [0, 0.1) is 0 Å². The van der Waals surface area contributed by atoms with Crippen LogP contribution in [-0.4, -0.2) is 35.7 Å². The summed E-state index contributed by atoms with van der Waals surface area (Å²) in [5.74, 6) is 0.311. The van der Waals surface area contributed by atoms with E-state index < -0.39 is 10.0 Å². The zero-order valence-electron chi connectivity index (χ0n) is 14.4. The van der Waals surface area contributed by atoms with E-state index in [2.05, 4.69) is 10.3 Å². The molecule has 1 N–H and O–H groups in total. The minimum atomic E-state index is -3.77. The number of sulfonamides is 1. The fourth-order valence-corrected chi connectivity index (χ4v) is 5.84. The van der Waals surface area contributed by atoms with Gasteiger partial charge in [0.25, 0.3) is 10.0 Å². The lowest BCUT2D eigenvalue weighted by molar-refractivity contribution is -0.115. The quantitative estimate of drug-likeness (QED) is 0.715. The predicted molar refractivity (Wildman–Crippen MR) is 105 cm³/mol. The number of para-hydroxylation sites is 2. The van der Waals surface area contributed by atoms with Gasteiger partial charge in [-0.2, -0.15) is 0 Å².